The summed E-state index contributed by atoms with van der Waals surface area (Å²) in [5.74, 6) is 1.30. The summed E-state index contributed by atoms with van der Waals surface area (Å²) in [6, 6.07) is 10.3. The Kier molecular flexibility index (Phi) is 6.40. The van der Waals surface area contributed by atoms with Crippen molar-refractivity contribution in [3.05, 3.63) is 45.8 Å². The van der Waals surface area contributed by atoms with Gasteiger partial charge in [-0.15, -0.1) is 16.4 Å². The minimum absolute atomic E-state index is 0.153. The molecule has 0 fully saturated rings. The Hall–Kier alpha value is -2.63. The minimum Gasteiger partial charge on any atom is -0.316 e. The first-order chi connectivity index (χ1) is 15.2. The van der Waals surface area contributed by atoms with Gasteiger partial charge < -0.3 is 5.32 Å². The maximum atomic E-state index is 12.6. The molecule has 0 spiro atoms. The third kappa shape index (κ3) is 4.89. The van der Waals surface area contributed by atoms with Crippen LogP contribution in [-0.4, -0.2) is 26.8 Å². The summed E-state index contributed by atoms with van der Waals surface area (Å²) < 4.78 is 0. The molecular weight excluding hydrogens is 438 g/mol. The molecule has 2 heterocycles. The molecular formula is C24H27N5OS2. The van der Waals surface area contributed by atoms with E-state index in [1.165, 1.54) is 16.6 Å². The van der Waals surface area contributed by atoms with Gasteiger partial charge in [0, 0.05) is 10.4 Å². The van der Waals surface area contributed by atoms with Crippen LogP contribution >= 0.6 is 23.1 Å². The lowest BCUT2D eigenvalue weighted by atomic mass is 9.72. The van der Waals surface area contributed by atoms with E-state index in [0.29, 0.717) is 27.5 Å². The van der Waals surface area contributed by atoms with Gasteiger partial charge >= 0.3 is 0 Å². The van der Waals surface area contributed by atoms with E-state index in [2.05, 4.69) is 47.3 Å². The van der Waals surface area contributed by atoms with Crippen molar-refractivity contribution in [2.75, 3.05) is 11.1 Å². The third-order valence-electron chi connectivity index (χ3n) is 5.94. The predicted molar refractivity (Wildman–Crippen MR) is 130 cm³/mol. The van der Waals surface area contributed by atoms with Crippen molar-refractivity contribution in [1.29, 1.82) is 5.26 Å². The summed E-state index contributed by atoms with van der Waals surface area (Å²) >= 11 is 2.83. The standard InChI is InChI=1S/C24H27N5OS2/c1-14-6-5-7-15(10-14)21-27-23(29-28-21)31-13-20(30)26-22-18(12-25)17-9-8-16(24(2,3)4)11-19(17)32-22/h5-7,10,16H,8-9,11,13H2,1-4H3,(H,26,30)(H,27,28,29). The molecule has 1 aliphatic carbocycles. The van der Waals surface area contributed by atoms with Crippen LogP contribution in [-0.2, 0) is 17.6 Å². The number of amides is 1. The molecule has 1 amide bonds. The molecule has 1 aliphatic rings. The predicted octanol–water partition coefficient (Wildman–Crippen LogP) is 5.60. The van der Waals surface area contributed by atoms with Crippen molar-refractivity contribution in [2.45, 2.75) is 52.1 Å². The zero-order valence-corrected chi connectivity index (χ0v) is 20.4. The van der Waals surface area contributed by atoms with Gasteiger partial charge in [-0.25, -0.2) is 4.98 Å². The highest BCUT2D eigenvalue weighted by Crippen LogP contribution is 2.44. The molecule has 0 saturated heterocycles. The highest BCUT2D eigenvalue weighted by Gasteiger charge is 2.32. The van der Waals surface area contributed by atoms with Gasteiger partial charge in [-0.05, 0) is 49.1 Å². The van der Waals surface area contributed by atoms with Crippen LogP contribution < -0.4 is 5.32 Å². The molecule has 0 aliphatic heterocycles. The number of carbonyl (C=O) groups excluding carboxylic acids is 1. The molecule has 4 rings (SSSR count). The molecule has 1 unspecified atom stereocenters. The molecule has 1 aromatic carbocycles. The summed E-state index contributed by atoms with van der Waals surface area (Å²) in [6.07, 6.45) is 2.96. The number of aromatic amines is 1. The maximum absolute atomic E-state index is 12.6. The van der Waals surface area contributed by atoms with Crippen molar-refractivity contribution >= 4 is 34.0 Å². The number of anilines is 1. The molecule has 0 saturated carbocycles. The summed E-state index contributed by atoms with van der Waals surface area (Å²) in [5.41, 5.74) is 4.11. The van der Waals surface area contributed by atoms with Gasteiger partial charge in [0.25, 0.3) is 0 Å². The number of aromatic nitrogens is 3. The summed E-state index contributed by atoms with van der Waals surface area (Å²) in [7, 11) is 0. The second-order valence-electron chi connectivity index (χ2n) is 9.30. The van der Waals surface area contributed by atoms with Crippen LogP contribution in [0.1, 0.15) is 48.8 Å². The number of fused-ring (bicyclic) bond motifs is 1. The Morgan fingerprint density at radius 3 is 2.94 bits per heavy atom. The number of thiophene rings is 1. The van der Waals surface area contributed by atoms with E-state index < -0.39 is 0 Å². The van der Waals surface area contributed by atoms with Crippen LogP contribution in [0.15, 0.2) is 29.4 Å². The van der Waals surface area contributed by atoms with Crippen molar-refractivity contribution < 1.29 is 4.79 Å². The fraction of sp³-hybridized carbons (Fsp3) is 0.417. The molecule has 0 bridgehead atoms. The number of nitriles is 1. The Morgan fingerprint density at radius 2 is 2.22 bits per heavy atom. The number of aryl methyl sites for hydroxylation is 1. The first-order valence-corrected chi connectivity index (χ1v) is 12.5. The number of nitrogens with zero attached hydrogens (tertiary/aromatic N) is 3. The van der Waals surface area contributed by atoms with Crippen molar-refractivity contribution in [1.82, 2.24) is 15.2 Å². The van der Waals surface area contributed by atoms with Gasteiger partial charge in [-0.1, -0.05) is 56.3 Å². The number of thioether (sulfide) groups is 1. The summed E-state index contributed by atoms with van der Waals surface area (Å²) in [6.45, 7) is 8.85. The first-order valence-electron chi connectivity index (χ1n) is 10.7. The zero-order valence-electron chi connectivity index (χ0n) is 18.8. The lowest BCUT2D eigenvalue weighted by molar-refractivity contribution is -0.113. The van der Waals surface area contributed by atoms with Crippen LogP contribution in [0, 0.1) is 29.6 Å². The van der Waals surface area contributed by atoms with Gasteiger partial charge in [-0.3, -0.25) is 9.89 Å². The topological polar surface area (TPSA) is 94.5 Å². The van der Waals surface area contributed by atoms with Crippen LogP contribution in [0.4, 0.5) is 5.00 Å². The van der Waals surface area contributed by atoms with Gasteiger partial charge in [0.05, 0.1) is 11.3 Å². The summed E-state index contributed by atoms with van der Waals surface area (Å²) in [4.78, 5) is 18.3. The highest BCUT2D eigenvalue weighted by molar-refractivity contribution is 7.99. The molecule has 0 radical (unpaired) electrons. The number of nitrogens with one attached hydrogen (secondary N) is 2. The fourth-order valence-corrected chi connectivity index (χ4v) is 5.95. The number of hydrogen-bond acceptors (Lipinski definition) is 6. The minimum atomic E-state index is -0.153. The number of H-pyrrole nitrogens is 1. The highest BCUT2D eigenvalue weighted by atomic mass is 32.2. The van der Waals surface area contributed by atoms with Crippen LogP contribution in [0.5, 0.6) is 0 Å². The van der Waals surface area contributed by atoms with E-state index in [4.69, 9.17) is 0 Å². The van der Waals surface area contributed by atoms with Gasteiger partial charge in [0.2, 0.25) is 11.1 Å². The van der Waals surface area contributed by atoms with Crippen LogP contribution in [0.25, 0.3) is 11.4 Å². The van der Waals surface area contributed by atoms with Gasteiger partial charge in [0.15, 0.2) is 5.82 Å². The Balaban J connectivity index is 1.40. The number of benzene rings is 1. The van der Waals surface area contributed by atoms with Gasteiger partial charge in [0.1, 0.15) is 11.1 Å². The second-order valence-corrected chi connectivity index (χ2v) is 11.3. The lowest BCUT2D eigenvalue weighted by Crippen LogP contribution is -2.26. The summed E-state index contributed by atoms with van der Waals surface area (Å²) in [5, 5.41) is 21.0. The molecule has 8 heteroatoms. The number of rotatable bonds is 5. The van der Waals surface area contributed by atoms with E-state index in [-0.39, 0.29) is 17.1 Å². The number of hydrogen-bond donors (Lipinski definition) is 2. The molecule has 6 nitrogen and oxygen atoms in total. The van der Waals surface area contributed by atoms with E-state index in [1.807, 2.05) is 31.2 Å². The van der Waals surface area contributed by atoms with Crippen LogP contribution in [0.2, 0.25) is 0 Å². The zero-order chi connectivity index (χ0) is 22.9. The van der Waals surface area contributed by atoms with E-state index in [1.54, 1.807) is 11.3 Å². The average Bonchev–Trinajstić information content (AvgIpc) is 3.35. The molecule has 32 heavy (non-hydrogen) atoms. The lowest BCUT2D eigenvalue weighted by Gasteiger charge is -2.33. The fourth-order valence-electron chi connectivity index (χ4n) is 4.06. The average molecular weight is 466 g/mol. The number of carbonyl (C=O) groups is 1. The molecule has 2 N–H and O–H groups in total. The third-order valence-corrected chi connectivity index (χ3v) is 7.96. The van der Waals surface area contributed by atoms with Gasteiger partial charge in [-0.2, -0.15) is 5.26 Å². The largest absolute Gasteiger partial charge is 0.316 e. The quantitative estimate of drug-likeness (QED) is 0.479. The van der Waals surface area contributed by atoms with Crippen molar-refractivity contribution in [3.63, 3.8) is 0 Å². The molecule has 2 aromatic heterocycles. The van der Waals surface area contributed by atoms with Crippen molar-refractivity contribution in [2.24, 2.45) is 11.3 Å². The Bertz CT molecular complexity index is 1180. The normalized spacial score (nSPS) is 15.8. The SMILES string of the molecule is Cc1cccc(-c2nc(SCC(=O)Nc3sc4c(c3C#N)CCC(C(C)(C)C)C4)n[nH]2)c1. The molecule has 1 atom stereocenters. The van der Waals surface area contributed by atoms with Crippen LogP contribution in [0.3, 0.4) is 0 Å². The molecule has 166 valence electrons. The second kappa shape index (κ2) is 9.08. The van der Waals surface area contributed by atoms with E-state index >= 15 is 0 Å². The smallest absolute Gasteiger partial charge is 0.235 e. The Labute approximate surface area is 196 Å². The van der Waals surface area contributed by atoms with Crippen molar-refractivity contribution in [3.8, 4) is 17.5 Å². The van der Waals surface area contributed by atoms with E-state index in [9.17, 15) is 10.1 Å². The Morgan fingerprint density at radius 1 is 1.41 bits per heavy atom. The molecule has 3 aromatic rings. The maximum Gasteiger partial charge on any atom is 0.235 e. The van der Waals surface area contributed by atoms with E-state index in [0.717, 1.165) is 36.0 Å². The first kappa shape index (κ1) is 22.6. The monoisotopic (exact) mass is 465 g/mol.